The summed E-state index contributed by atoms with van der Waals surface area (Å²) in [6, 6.07) is 3.66. The van der Waals surface area contributed by atoms with Gasteiger partial charge >= 0.3 is 5.97 Å². The summed E-state index contributed by atoms with van der Waals surface area (Å²) in [6.45, 7) is 4.01. The van der Waals surface area contributed by atoms with Gasteiger partial charge in [-0.25, -0.2) is 9.78 Å². The minimum absolute atomic E-state index is 0.161. The average Bonchev–Trinajstić information content (AvgIpc) is 3.04. The van der Waals surface area contributed by atoms with Gasteiger partial charge in [-0.15, -0.1) is 0 Å². The maximum atomic E-state index is 11.6. The highest BCUT2D eigenvalue weighted by atomic mass is 16.5. The van der Waals surface area contributed by atoms with Crippen molar-refractivity contribution in [3.8, 4) is 11.7 Å². The zero-order valence-corrected chi connectivity index (χ0v) is 11.4. The first kappa shape index (κ1) is 13.4. The molecule has 2 aromatic rings. The lowest BCUT2D eigenvalue weighted by atomic mass is 10.2. The molecule has 0 radical (unpaired) electrons. The number of rotatable bonds is 5. The Kier molecular flexibility index (Phi) is 4.04. The summed E-state index contributed by atoms with van der Waals surface area (Å²) in [5.74, 6) is 1.36. The van der Waals surface area contributed by atoms with E-state index in [-0.39, 0.29) is 5.76 Å². The van der Waals surface area contributed by atoms with Crippen LogP contribution in [-0.4, -0.2) is 18.1 Å². The minimum atomic E-state index is -0.510. The predicted molar refractivity (Wildman–Crippen MR) is 68.9 cm³/mol. The molecule has 0 spiro atoms. The van der Waals surface area contributed by atoms with E-state index in [4.69, 9.17) is 13.6 Å². The van der Waals surface area contributed by atoms with E-state index in [0.29, 0.717) is 23.8 Å². The normalized spacial score (nSPS) is 10.7. The number of hydrogen-bond acceptors (Lipinski definition) is 5. The van der Waals surface area contributed by atoms with Gasteiger partial charge in [-0.3, -0.25) is 0 Å². The number of nitrogens with zero attached hydrogens (tertiary/aromatic N) is 1. The Morgan fingerprint density at radius 2 is 2.11 bits per heavy atom. The number of esters is 1. The van der Waals surface area contributed by atoms with Crippen LogP contribution in [0.1, 0.15) is 42.3 Å². The van der Waals surface area contributed by atoms with Crippen LogP contribution >= 0.6 is 0 Å². The molecule has 0 aliphatic rings. The molecule has 0 bridgehead atoms. The van der Waals surface area contributed by atoms with Crippen molar-refractivity contribution in [3.05, 3.63) is 29.3 Å². The third kappa shape index (κ3) is 2.70. The first-order valence-electron chi connectivity index (χ1n) is 6.36. The standard InChI is InChI=1S/C14H17NO4/c1-4-6-10-12(14(16)17-3)19-13(15-10)11-8-7-9(5-2)18-11/h7-8H,4-6H2,1-3H3. The molecule has 2 rings (SSSR count). The van der Waals surface area contributed by atoms with Crippen LogP contribution in [0.3, 0.4) is 0 Å². The quantitative estimate of drug-likeness (QED) is 0.775. The monoisotopic (exact) mass is 263 g/mol. The first-order valence-corrected chi connectivity index (χ1v) is 6.36. The van der Waals surface area contributed by atoms with Crippen molar-refractivity contribution in [2.24, 2.45) is 0 Å². The van der Waals surface area contributed by atoms with Crippen LogP contribution in [0.2, 0.25) is 0 Å². The SMILES string of the molecule is CCCc1nc(-c2ccc(CC)o2)oc1C(=O)OC. The maximum Gasteiger partial charge on any atom is 0.376 e. The Hall–Kier alpha value is -2.04. The molecule has 0 N–H and O–H groups in total. The molecule has 0 unspecified atom stereocenters. The molecule has 19 heavy (non-hydrogen) atoms. The van der Waals surface area contributed by atoms with Crippen molar-refractivity contribution in [3.63, 3.8) is 0 Å². The van der Waals surface area contributed by atoms with Gasteiger partial charge in [-0.05, 0) is 18.6 Å². The summed E-state index contributed by atoms with van der Waals surface area (Å²) >= 11 is 0. The van der Waals surface area contributed by atoms with Gasteiger partial charge in [-0.2, -0.15) is 0 Å². The molecule has 0 saturated heterocycles. The molecule has 102 valence electrons. The highest BCUT2D eigenvalue weighted by Gasteiger charge is 2.22. The number of carbonyl (C=O) groups excluding carboxylic acids is 1. The molecule has 0 atom stereocenters. The fourth-order valence-corrected chi connectivity index (χ4v) is 1.80. The number of carbonyl (C=O) groups is 1. The van der Waals surface area contributed by atoms with Crippen LogP contribution in [-0.2, 0) is 17.6 Å². The Morgan fingerprint density at radius 3 is 2.68 bits per heavy atom. The van der Waals surface area contributed by atoms with Gasteiger partial charge < -0.3 is 13.6 Å². The van der Waals surface area contributed by atoms with Crippen LogP contribution in [0.5, 0.6) is 0 Å². The second kappa shape index (κ2) is 5.73. The summed E-state index contributed by atoms with van der Waals surface area (Å²) in [7, 11) is 1.32. The van der Waals surface area contributed by atoms with Crippen molar-refractivity contribution >= 4 is 5.97 Å². The van der Waals surface area contributed by atoms with Gasteiger partial charge in [0.15, 0.2) is 5.76 Å². The van der Waals surface area contributed by atoms with E-state index < -0.39 is 5.97 Å². The molecule has 0 aromatic carbocycles. The summed E-state index contributed by atoms with van der Waals surface area (Å²) < 4.78 is 15.8. The van der Waals surface area contributed by atoms with Crippen molar-refractivity contribution in [2.75, 3.05) is 7.11 Å². The fraction of sp³-hybridized carbons (Fsp3) is 0.429. The second-order valence-corrected chi connectivity index (χ2v) is 4.16. The number of hydrogen-bond donors (Lipinski definition) is 0. The van der Waals surface area contributed by atoms with E-state index in [1.807, 2.05) is 19.9 Å². The summed E-state index contributed by atoms with van der Waals surface area (Å²) in [4.78, 5) is 16.0. The van der Waals surface area contributed by atoms with Gasteiger partial charge in [0, 0.05) is 6.42 Å². The van der Waals surface area contributed by atoms with Gasteiger partial charge in [0.25, 0.3) is 5.89 Å². The number of aryl methyl sites for hydroxylation is 2. The average molecular weight is 263 g/mol. The van der Waals surface area contributed by atoms with Crippen LogP contribution in [0.4, 0.5) is 0 Å². The third-order valence-electron chi connectivity index (χ3n) is 2.78. The molecule has 2 aromatic heterocycles. The molecule has 5 nitrogen and oxygen atoms in total. The number of oxazole rings is 1. The minimum Gasteiger partial charge on any atom is -0.463 e. The van der Waals surface area contributed by atoms with Crippen molar-refractivity contribution < 1.29 is 18.4 Å². The Bertz CT molecular complexity index is 568. The van der Waals surface area contributed by atoms with Crippen LogP contribution < -0.4 is 0 Å². The first-order chi connectivity index (χ1) is 9.19. The molecule has 2 heterocycles. The number of aromatic nitrogens is 1. The zero-order chi connectivity index (χ0) is 13.8. The van der Waals surface area contributed by atoms with Crippen molar-refractivity contribution in [1.29, 1.82) is 0 Å². The number of methoxy groups -OCH3 is 1. The molecule has 0 aliphatic heterocycles. The topological polar surface area (TPSA) is 65.5 Å². The van der Waals surface area contributed by atoms with Crippen LogP contribution in [0, 0.1) is 0 Å². The lowest BCUT2D eigenvalue weighted by Crippen LogP contribution is -2.03. The number of ether oxygens (including phenoxy) is 1. The van der Waals surface area contributed by atoms with Gasteiger partial charge in [0.1, 0.15) is 5.76 Å². The van der Waals surface area contributed by atoms with Crippen LogP contribution in [0.25, 0.3) is 11.7 Å². The lowest BCUT2D eigenvalue weighted by Gasteiger charge is -1.96. The van der Waals surface area contributed by atoms with Gasteiger partial charge in [0.2, 0.25) is 5.76 Å². The lowest BCUT2D eigenvalue weighted by molar-refractivity contribution is 0.0564. The zero-order valence-electron chi connectivity index (χ0n) is 11.4. The Balaban J connectivity index is 2.38. The Labute approximate surface area is 111 Å². The summed E-state index contributed by atoms with van der Waals surface area (Å²) in [5.41, 5.74) is 0.610. The fourth-order valence-electron chi connectivity index (χ4n) is 1.80. The van der Waals surface area contributed by atoms with E-state index in [1.165, 1.54) is 7.11 Å². The highest BCUT2D eigenvalue weighted by Crippen LogP contribution is 2.25. The third-order valence-corrected chi connectivity index (χ3v) is 2.78. The maximum absolute atomic E-state index is 11.6. The van der Waals surface area contributed by atoms with E-state index >= 15 is 0 Å². The summed E-state index contributed by atoms with van der Waals surface area (Å²) in [5, 5.41) is 0. The smallest absolute Gasteiger partial charge is 0.376 e. The molecule has 0 fully saturated rings. The van der Waals surface area contributed by atoms with Gasteiger partial charge in [0.05, 0.1) is 12.8 Å². The van der Waals surface area contributed by atoms with Crippen molar-refractivity contribution in [1.82, 2.24) is 4.98 Å². The molecular formula is C14H17NO4. The van der Waals surface area contributed by atoms with E-state index in [2.05, 4.69) is 4.98 Å². The highest BCUT2D eigenvalue weighted by molar-refractivity contribution is 5.87. The number of furan rings is 1. The second-order valence-electron chi connectivity index (χ2n) is 4.16. The van der Waals surface area contributed by atoms with E-state index in [1.54, 1.807) is 6.07 Å². The van der Waals surface area contributed by atoms with E-state index in [0.717, 1.165) is 18.6 Å². The molecule has 0 aliphatic carbocycles. The predicted octanol–water partition coefficient (Wildman–Crippen LogP) is 3.24. The summed E-state index contributed by atoms with van der Waals surface area (Å²) in [6.07, 6.45) is 2.33. The molecule has 0 saturated carbocycles. The molecular weight excluding hydrogens is 246 g/mol. The molecule has 0 amide bonds. The van der Waals surface area contributed by atoms with Crippen molar-refractivity contribution in [2.45, 2.75) is 33.1 Å². The van der Waals surface area contributed by atoms with Crippen LogP contribution in [0.15, 0.2) is 21.0 Å². The molecule has 5 heteroatoms. The van der Waals surface area contributed by atoms with Gasteiger partial charge in [-0.1, -0.05) is 20.3 Å². The Morgan fingerprint density at radius 1 is 1.32 bits per heavy atom. The van der Waals surface area contributed by atoms with E-state index in [9.17, 15) is 4.79 Å². The largest absolute Gasteiger partial charge is 0.463 e.